The quantitative estimate of drug-likeness (QED) is 0.693. The highest BCUT2D eigenvalue weighted by molar-refractivity contribution is 5.71. The molecule has 0 saturated carbocycles. The highest BCUT2D eigenvalue weighted by atomic mass is 14.9. The summed E-state index contributed by atoms with van der Waals surface area (Å²) in [6, 6.07) is 1.82. The Morgan fingerprint density at radius 1 is 1.07 bits per heavy atom. The van der Waals surface area contributed by atoms with Crippen LogP contribution in [0, 0.1) is 5.41 Å². The van der Waals surface area contributed by atoms with E-state index < -0.39 is 0 Å². The number of allylic oxidation sites excluding steroid dienone is 6. The molecule has 0 unspecified atom stereocenters. The maximum atomic E-state index is 4.23. The average molecular weight is 198 g/mol. The van der Waals surface area contributed by atoms with Gasteiger partial charge in [0.2, 0.25) is 0 Å². The molecule has 1 aliphatic carbocycles. The first-order valence-electron chi connectivity index (χ1n) is 5.03. The zero-order chi connectivity index (χ0) is 10.7. The Labute approximate surface area is 90.1 Å². The molecule has 0 radical (unpaired) electrons. The minimum absolute atomic E-state index is 0.104. The van der Waals surface area contributed by atoms with Crippen LogP contribution in [-0.4, -0.2) is 9.97 Å². The van der Waals surface area contributed by atoms with Crippen LogP contribution >= 0.6 is 0 Å². The Morgan fingerprint density at radius 2 is 1.80 bits per heavy atom. The third-order valence-corrected chi connectivity index (χ3v) is 2.32. The molecule has 0 atom stereocenters. The van der Waals surface area contributed by atoms with E-state index in [1.165, 1.54) is 0 Å². The van der Waals surface area contributed by atoms with Crippen molar-refractivity contribution in [2.75, 3.05) is 0 Å². The van der Waals surface area contributed by atoms with Gasteiger partial charge in [-0.05, 0) is 6.07 Å². The van der Waals surface area contributed by atoms with E-state index in [4.69, 9.17) is 0 Å². The molecule has 1 heterocycles. The molecular weight excluding hydrogens is 184 g/mol. The van der Waals surface area contributed by atoms with Gasteiger partial charge in [-0.2, -0.15) is 0 Å². The van der Waals surface area contributed by atoms with Crippen LogP contribution in [0.5, 0.6) is 0 Å². The van der Waals surface area contributed by atoms with E-state index in [9.17, 15) is 0 Å². The average Bonchev–Trinajstić information content (AvgIpc) is 2.41. The topological polar surface area (TPSA) is 25.8 Å². The monoisotopic (exact) mass is 198 g/mol. The van der Waals surface area contributed by atoms with Crippen LogP contribution in [0.4, 0.5) is 0 Å². The Balaban J connectivity index is 2.34. The Hall–Kier alpha value is -1.70. The van der Waals surface area contributed by atoms with E-state index in [2.05, 4.69) is 48.1 Å². The Morgan fingerprint density at radius 3 is 2.53 bits per heavy atom. The molecular formula is C13H14N2. The number of nitrogens with zero attached hydrogens (tertiary/aromatic N) is 2. The van der Waals surface area contributed by atoms with Gasteiger partial charge in [0, 0.05) is 23.4 Å². The minimum atomic E-state index is 0.104. The maximum absolute atomic E-state index is 4.23. The fourth-order valence-corrected chi connectivity index (χ4v) is 1.41. The second-order valence-corrected chi connectivity index (χ2v) is 4.21. The number of hydrogen-bond acceptors (Lipinski definition) is 2. The summed E-state index contributed by atoms with van der Waals surface area (Å²) in [7, 11) is 0. The van der Waals surface area contributed by atoms with Crippen LogP contribution in [0.3, 0.4) is 0 Å². The summed E-state index contributed by atoms with van der Waals surface area (Å²) in [6.07, 6.45) is 14.0. The first-order valence-corrected chi connectivity index (χ1v) is 5.03. The van der Waals surface area contributed by atoms with Crippen molar-refractivity contribution >= 4 is 5.57 Å². The predicted octanol–water partition coefficient (Wildman–Crippen LogP) is 3.01. The number of aromatic nitrogens is 2. The van der Waals surface area contributed by atoms with Crippen molar-refractivity contribution in [2.45, 2.75) is 13.8 Å². The second-order valence-electron chi connectivity index (χ2n) is 4.21. The summed E-state index contributed by atoms with van der Waals surface area (Å²) in [5.74, 6) is 0.774. The van der Waals surface area contributed by atoms with Crippen LogP contribution in [-0.2, 0) is 0 Å². The van der Waals surface area contributed by atoms with Crippen LogP contribution in [0.2, 0.25) is 0 Å². The van der Waals surface area contributed by atoms with Crippen molar-refractivity contribution in [3.8, 4) is 0 Å². The third-order valence-electron chi connectivity index (χ3n) is 2.32. The molecule has 0 bridgehead atoms. The molecule has 15 heavy (non-hydrogen) atoms. The molecule has 0 spiro atoms. The molecule has 76 valence electrons. The van der Waals surface area contributed by atoms with Crippen LogP contribution in [0.1, 0.15) is 19.7 Å². The van der Waals surface area contributed by atoms with Gasteiger partial charge >= 0.3 is 0 Å². The zero-order valence-electron chi connectivity index (χ0n) is 9.01. The molecule has 0 fully saturated rings. The standard InChI is InChI=1S/C13H14N2/c1-13(2)7-3-5-11(6-8-13)12-14-9-4-10-15-12/h3-10H,1-2H3. The second kappa shape index (κ2) is 3.81. The first kappa shape index (κ1) is 9.84. The van der Waals surface area contributed by atoms with Crippen LogP contribution in [0.15, 0.2) is 48.8 Å². The van der Waals surface area contributed by atoms with Gasteiger partial charge in [0.1, 0.15) is 0 Å². The smallest absolute Gasteiger partial charge is 0.159 e. The zero-order valence-corrected chi connectivity index (χ0v) is 9.01. The summed E-state index contributed by atoms with van der Waals surface area (Å²) in [4.78, 5) is 8.45. The van der Waals surface area contributed by atoms with Crippen molar-refractivity contribution in [2.24, 2.45) is 5.41 Å². The van der Waals surface area contributed by atoms with E-state index in [1.54, 1.807) is 12.4 Å². The van der Waals surface area contributed by atoms with Gasteiger partial charge in [-0.25, -0.2) is 9.97 Å². The first-order chi connectivity index (χ1) is 7.17. The van der Waals surface area contributed by atoms with Gasteiger partial charge in [-0.1, -0.05) is 44.2 Å². The molecule has 0 aromatic carbocycles. The van der Waals surface area contributed by atoms with E-state index in [1.807, 2.05) is 12.1 Å². The lowest BCUT2D eigenvalue weighted by atomic mass is 9.93. The summed E-state index contributed by atoms with van der Waals surface area (Å²) < 4.78 is 0. The van der Waals surface area contributed by atoms with Crippen molar-refractivity contribution in [1.82, 2.24) is 9.97 Å². The van der Waals surface area contributed by atoms with E-state index in [-0.39, 0.29) is 5.41 Å². The summed E-state index contributed by atoms with van der Waals surface area (Å²) in [6.45, 7) is 4.34. The molecule has 2 nitrogen and oxygen atoms in total. The lowest BCUT2D eigenvalue weighted by Gasteiger charge is -2.12. The van der Waals surface area contributed by atoms with Gasteiger partial charge in [0.25, 0.3) is 0 Å². The largest absolute Gasteiger partial charge is 0.237 e. The lowest BCUT2D eigenvalue weighted by molar-refractivity contribution is 0.627. The molecule has 0 saturated heterocycles. The Kier molecular flexibility index (Phi) is 2.50. The van der Waals surface area contributed by atoms with Crippen LogP contribution in [0.25, 0.3) is 5.57 Å². The summed E-state index contributed by atoms with van der Waals surface area (Å²) >= 11 is 0. The molecule has 0 aliphatic heterocycles. The highest BCUT2D eigenvalue weighted by Crippen LogP contribution is 2.24. The van der Waals surface area contributed by atoms with Crippen molar-refractivity contribution in [1.29, 1.82) is 0 Å². The van der Waals surface area contributed by atoms with Gasteiger partial charge in [-0.3, -0.25) is 0 Å². The van der Waals surface area contributed by atoms with Gasteiger partial charge < -0.3 is 0 Å². The molecule has 1 aromatic rings. The molecule has 2 heteroatoms. The fraction of sp³-hybridized carbons (Fsp3) is 0.231. The number of rotatable bonds is 1. The maximum Gasteiger partial charge on any atom is 0.159 e. The predicted molar refractivity (Wildman–Crippen MR) is 62.1 cm³/mol. The van der Waals surface area contributed by atoms with E-state index in [0.717, 1.165) is 11.4 Å². The van der Waals surface area contributed by atoms with E-state index >= 15 is 0 Å². The molecule has 1 aliphatic rings. The number of hydrogen-bond donors (Lipinski definition) is 0. The van der Waals surface area contributed by atoms with Gasteiger partial charge in [0.05, 0.1) is 0 Å². The van der Waals surface area contributed by atoms with Gasteiger partial charge in [-0.15, -0.1) is 0 Å². The fourth-order valence-electron chi connectivity index (χ4n) is 1.41. The van der Waals surface area contributed by atoms with E-state index in [0.29, 0.717) is 0 Å². The third kappa shape index (κ3) is 2.40. The molecule has 2 rings (SSSR count). The van der Waals surface area contributed by atoms with Crippen molar-refractivity contribution in [3.05, 3.63) is 54.7 Å². The van der Waals surface area contributed by atoms with Crippen molar-refractivity contribution < 1.29 is 0 Å². The van der Waals surface area contributed by atoms with Crippen LogP contribution < -0.4 is 0 Å². The summed E-state index contributed by atoms with van der Waals surface area (Å²) in [5.41, 5.74) is 1.16. The molecule has 1 aromatic heterocycles. The molecule has 0 amide bonds. The lowest BCUT2D eigenvalue weighted by Crippen LogP contribution is -2.00. The summed E-state index contributed by atoms with van der Waals surface area (Å²) in [5, 5.41) is 0. The van der Waals surface area contributed by atoms with Gasteiger partial charge in [0.15, 0.2) is 5.82 Å². The normalized spacial score (nSPS) is 18.4. The Bertz CT molecular complexity index is 425. The minimum Gasteiger partial charge on any atom is -0.237 e. The highest BCUT2D eigenvalue weighted by Gasteiger charge is 2.11. The molecule has 0 N–H and O–H groups in total. The van der Waals surface area contributed by atoms with Crippen molar-refractivity contribution in [3.63, 3.8) is 0 Å². The SMILES string of the molecule is CC1(C)C=CC=C(c2ncccn2)C=C1.